The van der Waals surface area contributed by atoms with Crippen molar-refractivity contribution in [1.29, 1.82) is 5.26 Å². The molecule has 0 amide bonds. The molecular weight excluding hydrogens is 176 g/mol. The third kappa shape index (κ3) is 1.42. The van der Waals surface area contributed by atoms with E-state index in [9.17, 15) is 0 Å². The molecule has 2 aromatic rings. The van der Waals surface area contributed by atoms with Crippen molar-refractivity contribution in [3.8, 4) is 11.8 Å². The Morgan fingerprint density at radius 2 is 2.29 bits per heavy atom. The number of rotatable bonds is 2. The van der Waals surface area contributed by atoms with Gasteiger partial charge in [-0.2, -0.15) is 5.26 Å². The van der Waals surface area contributed by atoms with Crippen LogP contribution in [0.25, 0.3) is 10.9 Å². The summed E-state index contributed by atoms with van der Waals surface area (Å²) in [6.45, 7) is 0. The second-order valence-corrected chi connectivity index (χ2v) is 3.08. The van der Waals surface area contributed by atoms with Crippen LogP contribution < -0.4 is 4.74 Å². The summed E-state index contributed by atoms with van der Waals surface area (Å²) in [6, 6.07) is 9.89. The molecule has 70 valence electrons. The summed E-state index contributed by atoms with van der Waals surface area (Å²) in [6.07, 6.45) is 0.414. The fourth-order valence-corrected chi connectivity index (χ4v) is 1.48. The van der Waals surface area contributed by atoms with Gasteiger partial charge in [0.1, 0.15) is 5.75 Å². The second kappa shape index (κ2) is 3.43. The zero-order valence-electron chi connectivity index (χ0n) is 7.87. The predicted octanol–water partition coefficient (Wildman–Crippen LogP) is 2.24. The number of nitriles is 1. The number of H-pyrrole nitrogens is 1. The minimum Gasteiger partial charge on any atom is -0.497 e. The van der Waals surface area contributed by atoms with Crippen molar-refractivity contribution in [2.45, 2.75) is 6.42 Å². The largest absolute Gasteiger partial charge is 0.497 e. The molecule has 2 rings (SSSR count). The summed E-state index contributed by atoms with van der Waals surface area (Å²) in [5.41, 5.74) is 1.98. The van der Waals surface area contributed by atoms with E-state index in [1.54, 1.807) is 7.11 Å². The van der Waals surface area contributed by atoms with Crippen LogP contribution in [0.1, 0.15) is 5.69 Å². The van der Waals surface area contributed by atoms with Crippen LogP contribution in [0, 0.1) is 11.3 Å². The number of hydrogen-bond acceptors (Lipinski definition) is 2. The molecule has 0 aliphatic carbocycles. The summed E-state index contributed by atoms with van der Waals surface area (Å²) < 4.78 is 5.11. The third-order valence-corrected chi connectivity index (χ3v) is 2.15. The SMILES string of the molecule is COc1ccc2[nH]c(CC#N)cc2c1. The maximum absolute atomic E-state index is 8.55. The van der Waals surface area contributed by atoms with Gasteiger partial charge in [0.25, 0.3) is 0 Å². The Morgan fingerprint density at radius 3 is 3.00 bits per heavy atom. The number of aromatic nitrogens is 1. The van der Waals surface area contributed by atoms with E-state index in [0.717, 1.165) is 22.3 Å². The molecule has 0 aliphatic rings. The van der Waals surface area contributed by atoms with Crippen molar-refractivity contribution in [3.05, 3.63) is 30.0 Å². The average Bonchev–Trinajstić information content (AvgIpc) is 2.59. The van der Waals surface area contributed by atoms with Gasteiger partial charge in [-0.15, -0.1) is 0 Å². The predicted molar refractivity (Wildman–Crippen MR) is 54.2 cm³/mol. The Hall–Kier alpha value is -1.95. The number of methoxy groups -OCH3 is 1. The highest BCUT2D eigenvalue weighted by molar-refractivity contribution is 5.82. The van der Waals surface area contributed by atoms with E-state index in [4.69, 9.17) is 10.00 Å². The molecule has 0 spiro atoms. The maximum atomic E-state index is 8.55. The standard InChI is InChI=1S/C11H10N2O/c1-14-10-2-3-11-8(7-10)6-9(13-11)4-5-12/h2-3,6-7,13H,4H2,1H3. The molecule has 3 nitrogen and oxygen atoms in total. The topological polar surface area (TPSA) is 48.8 Å². The van der Waals surface area contributed by atoms with Crippen LogP contribution in [0.3, 0.4) is 0 Å². The van der Waals surface area contributed by atoms with Gasteiger partial charge in [0, 0.05) is 16.6 Å². The number of benzene rings is 1. The number of ether oxygens (including phenoxy) is 1. The van der Waals surface area contributed by atoms with Crippen LogP contribution >= 0.6 is 0 Å². The molecule has 1 heterocycles. The molecule has 0 atom stereocenters. The van der Waals surface area contributed by atoms with Crippen LogP contribution in [0.15, 0.2) is 24.3 Å². The van der Waals surface area contributed by atoms with Gasteiger partial charge >= 0.3 is 0 Å². The van der Waals surface area contributed by atoms with Crippen LogP contribution in [-0.4, -0.2) is 12.1 Å². The van der Waals surface area contributed by atoms with Crippen molar-refractivity contribution in [3.63, 3.8) is 0 Å². The molecule has 3 heteroatoms. The first-order valence-electron chi connectivity index (χ1n) is 4.36. The number of nitrogens with one attached hydrogen (secondary N) is 1. The van der Waals surface area contributed by atoms with E-state index in [1.807, 2.05) is 24.3 Å². The number of fused-ring (bicyclic) bond motifs is 1. The molecule has 1 aromatic heterocycles. The minimum atomic E-state index is 0.414. The Morgan fingerprint density at radius 1 is 1.43 bits per heavy atom. The van der Waals surface area contributed by atoms with Gasteiger partial charge < -0.3 is 9.72 Å². The van der Waals surface area contributed by atoms with Gasteiger partial charge in [-0.3, -0.25) is 0 Å². The average molecular weight is 186 g/mol. The summed E-state index contributed by atoms with van der Waals surface area (Å²) in [5.74, 6) is 0.833. The summed E-state index contributed by atoms with van der Waals surface area (Å²) in [5, 5.41) is 9.63. The Labute approximate surface area is 81.9 Å². The van der Waals surface area contributed by atoms with E-state index in [1.165, 1.54) is 0 Å². The first-order chi connectivity index (χ1) is 6.83. The lowest BCUT2D eigenvalue weighted by atomic mass is 10.2. The summed E-state index contributed by atoms with van der Waals surface area (Å²) in [4.78, 5) is 3.17. The van der Waals surface area contributed by atoms with Gasteiger partial charge in [0.15, 0.2) is 0 Å². The molecule has 0 bridgehead atoms. The molecule has 0 saturated carbocycles. The third-order valence-electron chi connectivity index (χ3n) is 2.15. The molecule has 0 saturated heterocycles. The Bertz CT molecular complexity index is 493. The van der Waals surface area contributed by atoms with Crippen molar-refractivity contribution in [2.24, 2.45) is 0 Å². The molecule has 0 unspecified atom stereocenters. The highest BCUT2D eigenvalue weighted by Gasteiger charge is 2.01. The maximum Gasteiger partial charge on any atom is 0.119 e. The normalized spacial score (nSPS) is 10.0. The van der Waals surface area contributed by atoms with Gasteiger partial charge in [0.2, 0.25) is 0 Å². The first-order valence-corrected chi connectivity index (χ1v) is 4.36. The summed E-state index contributed by atoms with van der Waals surface area (Å²) in [7, 11) is 1.64. The van der Waals surface area contributed by atoms with E-state index in [0.29, 0.717) is 6.42 Å². The van der Waals surface area contributed by atoms with Crippen LogP contribution in [0.2, 0.25) is 0 Å². The van der Waals surface area contributed by atoms with Crippen LogP contribution in [0.5, 0.6) is 5.75 Å². The first kappa shape index (κ1) is 8.64. The zero-order chi connectivity index (χ0) is 9.97. The van der Waals surface area contributed by atoms with Crippen molar-refractivity contribution in [2.75, 3.05) is 7.11 Å². The number of aromatic amines is 1. The fraction of sp³-hybridized carbons (Fsp3) is 0.182. The second-order valence-electron chi connectivity index (χ2n) is 3.08. The smallest absolute Gasteiger partial charge is 0.119 e. The molecule has 0 aliphatic heterocycles. The highest BCUT2D eigenvalue weighted by Crippen LogP contribution is 2.21. The monoisotopic (exact) mass is 186 g/mol. The molecule has 1 aromatic carbocycles. The lowest BCUT2D eigenvalue weighted by molar-refractivity contribution is 0.415. The van der Waals surface area contributed by atoms with Gasteiger partial charge in [-0.05, 0) is 24.3 Å². The molecule has 0 fully saturated rings. The van der Waals surface area contributed by atoms with Crippen LogP contribution in [0.4, 0.5) is 0 Å². The van der Waals surface area contributed by atoms with Crippen molar-refractivity contribution < 1.29 is 4.74 Å². The van der Waals surface area contributed by atoms with Crippen molar-refractivity contribution in [1.82, 2.24) is 4.98 Å². The fourth-order valence-electron chi connectivity index (χ4n) is 1.48. The van der Waals surface area contributed by atoms with Crippen LogP contribution in [-0.2, 0) is 6.42 Å². The van der Waals surface area contributed by atoms with Gasteiger partial charge in [-0.1, -0.05) is 0 Å². The van der Waals surface area contributed by atoms with E-state index >= 15 is 0 Å². The number of nitrogens with zero attached hydrogens (tertiary/aromatic N) is 1. The van der Waals surface area contributed by atoms with E-state index in [-0.39, 0.29) is 0 Å². The lowest BCUT2D eigenvalue weighted by Crippen LogP contribution is -1.80. The zero-order valence-corrected chi connectivity index (χ0v) is 7.87. The van der Waals surface area contributed by atoms with E-state index in [2.05, 4.69) is 11.1 Å². The van der Waals surface area contributed by atoms with Gasteiger partial charge in [-0.25, -0.2) is 0 Å². The van der Waals surface area contributed by atoms with E-state index < -0.39 is 0 Å². The Balaban J connectivity index is 2.50. The lowest BCUT2D eigenvalue weighted by Gasteiger charge is -1.97. The minimum absolute atomic E-state index is 0.414. The van der Waals surface area contributed by atoms with Gasteiger partial charge in [0.05, 0.1) is 19.6 Å². The van der Waals surface area contributed by atoms with Crippen molar-refractivity contribution >= 4 is 10.9 Å². The molecular formula is C11H10N2O. The molecule has 14 heavy (non-hydrogen) atoms. The quantitative estimate of drug-likeness (QED) is 0.781. The Kier molecular flexibility index (Phi) is 2.11. The summed E-state index contributed by atoms with van der Waals surface area (Å²) >= 11 is 0. The number of hydrogen-bond donors (Lipinski definition) is 1. The molecule has 0 radical (unpaired) electrons. The molecule has 1 N–H and O–H groups in total. The highest BCUT2D eigenvalue weighted by atomic mass is 16.5.